The zero-order chi connectivity index (χ0) is 16.3. The second-order valence-electron chi connectivity index (χ2n) is 4.73. The number of sulfonamides is 1. The molecule has 3 rings (SSSR count). The van der Waals surface area contributed by atoms with Crippen LogP contribution in [0.25, 0.3) is 0 Å². The van der Waals surface area contributed by atoms with Gasteiger partial charge < -0.3 is 0 Å². The van der Waals surface area contributed by atoms with Gasteiger partial charge in [-0.3, -0.25) is 0 Å². The van der Waals surface area contributed by atoms with E-state index in [2.05, 4.69) is 4.98 Å². The van der Waals surface area contributed by atoms with Gasteiger partial charge in [0.1, 0.15) is 0 Å². The standard InChI is InChI=1S/C16H13ClN2O2S2/c17-15-9-5-4-6-13(15)12-19(16-18-10-11-22-16)23(20,21)14-7-2-1-3-8-14/h1-11H,12H2. The van der Waals surface area contributed by atoms with E-state index in [-0.39, 0.29) is 11.4 Å². The number of aromatic nitrogens is 1. The van der Waals surface area contributed by atoms with E-state index in [9.17, 15) is 8.42 Å². The van der Waals surface area contributed by atoms with Crippen LogP contribution in [0.2, 0.25) is 5.02 Å². The first-order valence-electron chi connectivity index (χ1n) is 6.80. The van der Waals surface area contributed by atoms with Crippen molar-refractivity contribution in [2.75, 3.05) is 4.31 Å². The van der Waals surface area contributed by atoms with E-state index >= 15 is 0 Å². The molecule has 0 atom stereocenters. The van der Waals surface area contributed by atoms with Crippen LogP contribution in [0.1, 0.15) is 5.56 Å². The molecule has 1 heterocycles. The Balaban J connectivity index is 2.06. The van der Waals surface area contributed by atoms with E-state index in [4.69, 9.17) is 11.6 Å². The number of rotatable bonds is 5. The van der Waals surface area contributed by atoms with Gasteiger partial charge in [-0.15, -0.1) is 11.3 Å². The van der Waals surface area contributed by atoms with Gasteiger partial charge in [-0.2, -0.15) is 0 Å². The molecule has 118 valence electrons. The Bertz CT molecular complexity index is 881. The molecule has 1 aromatic heterocycles. The minimum atomic E-state index is -3.72. The normalized spacial score (nSPS) is 11.3. The predicted octanol–water partition coefficient (Wildman–Crippen LogP) is 4.19. The summed E-state index contributed by atoms with van der Waals surface area (Å²) in [5.41, 5.74) is 0.726. The van der Waals surface area contributed by atoms with Crippen molar-refractivity contribution in [3.8, 4) is 0 Å². The first-order chi connectivity index (χ1) is 11.1. The highest BCUT2D eigenvalue weighted by atomic mass is 35.5. The lowest BCUT2D eigenvalue weighted by Gasteiger charge is -2.22. The van der Waals surface area contributed by atoms with Crippen molar-refractivity contribution in [3.05, 3.63) is 76.8 Å². The van der Waals surface area contributed by atoms with E-state index in [0.717, 1.165) is 5.56 Å². The number of thiazole rings is 1. The maximum absolute atomic E-state index is 13.0. The molecule has 0 aliphatic rings. The van der Waals surface area contributed by atoms with Crippen LogP contribution in [0.15, 0.2) is 71.1 Å². The van der Waals surface area contributed by atoms with Crippen LogP contribution >= 0.6 is 22.9 Å². The SMILES string of the molecule is O=S(=O)(c1ccccc1)N(Cc1ccccc1Cl)c1nccs1. The van der Waals surface area contributed by atoms with Gasteiger partial charge in [0.15, 0.2) is 5.13 Å². The smallest absolute Gasteiger partial charge is 0.237 e. The number of nitrogens with zero attached hydrogens (tertiary/aromatic N) is 2. The lowest BCUT2D eigenvalue weighted by molar-refractivity contribution is 0.590. The number of benzene rings is 2. The highest BCUT2D eigenvalue weighted by Crippen LogP contribution is 2.29. The molecule has 0 spiro atoms. The fourth-order valence-electron chi connectivity index (χ4n) is 2.10. The Morgan fingerprint density at radius 3 is 2.39 bits per heavy atom. The Kier molecular flexibility index (Phi) is 4.66. The third kappa shape index (κ3) is 3.39. The highest BCUT2D eigenvalue weighted by molar-refractivity contribution is 7.93. The summed E-state index contributed by atoms with van der Waals surface area (Å²) in [4.78, 5) is 4.38. The molecule has 7 heteroatoms. The molecule has 0 N–H and O–H groups in total. The summed E-state index contributed by atoms with van der Waals surface area (Å²) >= 11 is 7.46. The molecule has 0 amide bonds. The molecular weight excluding hydrogens is 352 g/mol. The molecule has 0 bridgehead atoms. The van der Waals surface area contributed by atoms with Crippen molar-refractivity contribution in [1.82, 2.24) is 4.98 Å². The van der Waals surface area contributed by atoms with Gasteiger partial charge >= 0.3 is 0 Å². The zero-order valence-corrected chi connectivity index (χ0v) is 14.4. The monoisotopic (exact) mass is 364 g/mol. The van der Waals surface area contributed by atoms with Crippen molar-refractivity contribution in [2.24, 2.45) is 0 Å². The fraction of sp³-hybridized carbons (Fsp3) is 0.0625. The maximum atomic E-state index is 13.0. The van der Waals surface area contributed by atoms with Gasteiger partial charge in [0.05, 0.1) is 11.4 Å². The third-order valence-electron chi connectivity index (χ3n) is 3.24. The van der Waals surface area contributed by atoms with E-state index in [0.29, 0.717) is 10.2 Å². The lowest BCUT2D eigenvalue weighted by Crippen LogP contribution is -2.30. The first kappa shape index (κ1) is 16.0. The Hall–Kier alpha value is -1.89. The van der Waals surface area contributed by atoms with Crippen molar-refractivity contribution in [2.45, 2.75) is 11.4 Å². The molecule has 0 aliphatic carbocycles. The van der Waals surface area contributed by atoms with E-state index in [1.165, 1.54) is 15.6 Å². The predicted molar refractivity (Wildman–Crippen MR) is 93.4 cm³/mol. The average Bonchev–Trinajstić information content (AvgIpc) is 3.09. The minimum absolute atomic E-state index is 0.129. The third-order valence-corrected chi connectivity index (χ3v) is 6.26. The van der Waals surface area contributed by atoms with Gasteiger partial charge in [0, 0.05) is 16.6 Å². The zero-order valence-electron chi connectivity index (χ0n) is 12.0. The Labute approximate surface area is 144 Å². The van der Waals surface area contributed by atoms with E-state index in [1.807, 2.05) is 18.2 Å². The molecular formula is C16H13ClN2O2S2. The molecule has 0 fully saturated rings. The largest absolute Gasteiger partial charge is 0.266 e. The average molecular weight is 365 g/mol. The van der Waals surface area contributed by atoms with Gasteiger partial charge in [-0.25, -0.2) is 17.7 Å². The second kappa shape index (κ2) is 6.70. The summed E-state index contributed by atoms with van der Waals surface area (Å²) in [6.45, 7) is 0.129. The molecule has 2 aromatic carbocycles. The molecule has 0 saturated heterocycles. The molecule has 0 aliphatic heterocycles. The van der Waals surface area contributed by atoms with Crippen molar-refractivity contribution in [1.29, 1.82) is 0 Å². The van der Waals surface area contributed by atoms with Crippen molar-refractivity contribution in [3.63, 3.8) is 0 Å². The van der Waals surface area contributed by atoms with Gasteiger partial charge in [-0.05, 0) is 23.8 Å². The van der Waals surface area contributed by atoms with Gasteiger partial charge in [0.2, 0.25) is 0 Å². The summed E-state index contributed by atoms with van der Waals surface area (Å²) in [6.07, 6.45) is 1.58. The van der Waals surface area contributed by atoms with Gasteiger partial charge in [0.25, 0.3) is 10.0 Å². The van der Waals surface area contributed by atoms with Crippen LogP contribution in [0.4, 0.5) is 5.13 Å². The summed E-state index contributed by atoms with van der Waals surface area (Å²) in [5, 5.41) is 2.68. The quantitative estimate of drug-likeness (QED) is 0.682. The number of halogens is 1. The van der Waals surface area contributed by atoms with Crippen molar-refractivity contribution >= 4 is 38.1 Å². The Morgan fingerprint density at radius 1 is 1.04 bits per heavy atom. The number of hydrogen-bond donors (Lipinski definition) is 0. The van der Waals surface area contributed by atoms with E-state index in [1.54, 1.807) is 48.0 Å². The molecule has 4 nitrogen and oxygen atoms in total. The summed E-state index contributed by atoms with van der Waals surface area (Å²) in [6, 6.07) is 15.5. The van der Waals surface area contributed by atoms with Crippen LogP contribution in [-0.4, -0.2) is 13.4 Å². The lowest BCUT2D eigenvalue weighted by atomic mass is 10.2. The fourth-order valence-corrected chi connectivity index (χ4v) is 4.58. The molecule has 23 heavy (non-hydrogen) atoms. The molecule has 0 radical (unpaired) electrons. The molecule has 3 aromatic rings. The van der Waals surface area contributed by atoms with Crippen LogP contribution < -0.4 is 4.31 Å². The summed E-state index contributed by atoms with van der Waals surface area (Å²) in [5.74, 6) is 0. The van der Waals surface area contributed by atoms with E-state index < -0.39 is 10.0 Å². The van der Waals surface area contributed by atoms with Crippen LogP contribution in [0.3, 0.4) is 0 Å². The summed E-state index contributed by atoms with van der Waals surface area (Å²) < 4.78 is 27.3. The van der Waals surface area contributed by atoms with Gasteiger partial charge in [-0.1, -0.05) is 48.0 Å². The maximum Gasteiger partial charge on any atom is 0.266 e. The number of anilines is 1. The summed E-state index contributed by atoms with van der Waals surface area (Å²) in [7, 11) is -3.72. The highest BCUT2D eigenvalue weighted by Gasteiger charge is 2.27. The Morgan fingerprint density at radius 2 is 1.74 bits per heavy atom. The first-order valence-corrected chi connectivity index (χ1v) is 9.49. The van der Waals surface area contributed by atoms with Crippen LogP contribution in [0, 0.1) is 0 Å². The number of hydrogen-bond acceptors (Lipinski definition) is 4. The van der Waals surface area contributed by atoms with Crippen LogP contribution in [-0.2, 0) is 16.6 Å². The minimum Gasteiger partial charge on any atom is -0.237 e. The topological polar surface area (TPSA) is 50.3 Å². The molecule has 0 saturated carbocycles. The second-order valence-corrected chi connectivity index (χ2v) is 7.87. The molecule has 0 unspecified atom stereocenters. The van der Waals surface area contributed by atoms with Crippen molar-refractivity contribution < 1.29 is 8.42 Å². The van der Waals surface area contributed by atoms with Crippen LogP contribution in [0.5, 0.6) is 0 Å².